The lowest BCUT2D eigenvalue weighted by molar-refractivity contribution is -0.146. The van der Waals surface area contributed by atoms with E-state index in [9.17, 15) is 14.4 Å². The van der Waals surface area contributed by atoms with Crippen LogP contribution in [0.1, 0.15) is 74.8 Å². The predicted octanol–water partition coefficient (Wildman–Crippen LogP) is 5.63. The Kier molecular flexibility index (Phi) is 7.54. The number of rotatable bonds is 4. The number of hydrogen-bond donors (Lipinski definition) is 3. The molecule has 3 N–H and O–H groups in total. The van der Waals surface area contributed by atoms with Crippen LogP contribution < -0.4 is 16.0 Å². The second-order valence-electron chi connectivity index (χ2n) is 11.9. The fraction of sp³-hybridized carbons (Fsp3) is 0.516. The van der Waals surface area contributed by atoms with Crippen molar-refractivity contribution in [3.05, 3.63) is 63.4 Å². The molecule has 2 spiro atoms. The van der Waals surface area contributed by atoms with Gasteiger partial charge in [0, 0.05) is 28.2 Å². The van der Waals surface area contributed by atoms with Gasteiger partial charge in [0.15, 0.2) is 0 Å². The smallest absolute Gasteiger partial charge is 0.308 e. The van der Waals surface area contributed by atoms with Crippen molar-refractivity contribution in [3.8, 4) is 0 Å². The van der Waals surface area contributed by atoms with Crippen molar-refractivity contribution in [1.82, 2.24) is 10.6 Å². The van der Waals surface area contributed by atoms with Crippen LogP contribution in [0.5, 0.6) is 0 Å². The Labute approximate surface area is 248 Å². The van der Waals surface area contributed by atoms with Crippen LogP contribution in [0.25, 0.3) is 0 Å². The van der Waals surface area contributed by atoms with Gasteiger partial charge in [-0.15, -0.1) is 0 Å². The van der Waals surface area contributed by atoms with Gasteiger partial charge in [-0.1, -0.05) is 60.7 Å². The number of fused-ring (bicyclic) bond motifs is 3. The lowest BCUT2D eigenvalue weighted by Gasteiger charge is -2.47. The molecule has 3 atom stereocenters. The largest absolute Gasteiger partial charge is 0.469 e. The first-order valence-corrected chi connectivity index (χ1v) is 15.2. The first kappa shape index (κ1) is 28.4. The van der Waals surface area contributed by atoms with Crippen LogP contribution in [-0.4, -0.2) is 42.5 Å². The number of carbonyl (C=O) groups is 3. The number of benzene rings is 2. The maximum absolute atomic E-state index is 16.0. The molecule has 2 aromatic rings. The summed E-state index contributed by atoms with van der Waals surface area (Å²) in [5.41, 5.74) is -0.495. The van der Waals surface area contributed by atoms with Crippen molar-refractivity contribution < 1.29 is 23.5 Å². The van der Waals surface area contributed by atoms with Gasteiger partial charge in [-0.2, -0.15) is 0 Å². The minimum Gasteiger partial charge on any atom is -0.469 e. The van der Waals surface area contributed by atoms with Crippen LogP contribution in [0.15, 0.2) is 36.4 Å². The van der Waals surface area contributed by atoms with Gasteiger partial charge in [0.25, 0.3) is 0 Å². The topological polar surface area (TPSA) is 96.5 Å². The Balaban J connectivity index is 1.45. The molecular weight excluding hydrogens is 568 g/mol. The molecule has 2 aliphatic heterocycles. The molecule has 0 bridgehead atoms. The molecule has 0 radical (unpaired) electrons. The highest BCUT2D eigenvalue weighted by Gasteiger charge is 2.72. The fourth-order valence-electron chi connectivity index (χ4n) is 8.15. The molecule has 0 unspecified atom stereocenters. The van der Waals surface area contributed by atoms with Crippen molar-refractivity contribution in [2.75, 3.05) is 12.4 Å². The third-order valence-corrected chi connectivity index (χ3v) is 10.4. The number of ether oxygens (including phenoxy) is 1. The number of nitrogens with one attached hydrogen (secondary N) is 3. The number of amides is 2. The highest BCUT2D eigenvalue weighted by atomic mass is 35.5. The summed E-state index contributed by atoms with van der Waals surface area (Å²) in [7, 11) is 1.39. The van der Waals surface area contributed by atoms with Crippen molar-refractivity contribution in [3.63, 3.8) is 0 Å². The standard InChI is InChI=1S/C31H34Cl2FN3O4/c1-41-28(39)17-8-11-19(12-9-17)35-27(38)26-24(20-6-5-7-22(33)25(20)34)31(30(37-26)14-3-2-4-15-30)21-13-10-18(32)16-23(21)36-29(31)40/h5-7,10,13,16-17,19,24,26,37H,2-4,8-9,11-12,14-15H2,1H3,(H,35,38)(H,36,40)/t17-,19-,24-,26+,31+/m0/s1. The zero-order valence-electron chi connectivity index (χ0n) is 22.9. The molecule has 4 aliphatic rings. The number of methoxy groups -OCH3 is 1. The van der Waals surface area contributed by atoms with Gasteiger partial charge in [0.1, 0.15) is 11.2 Å². The van der Waals surface area contributed by atoms with E-state index in [0.717, 1.165) is 24.8 Å². The number of esters is 1. The Bertz CT molecular complexity index is 1390. The van der Waals surface area contributed by atoms with E-state index in [2.05, 4.69) is 16.0 Å². The summed E-state index contributed by atoms with van der Waals surface area (Å²) >= 11 is 12.6. The van der Waals surface area contributed by atoms with Crippen molar-refractivity contribution in [2.24, 2.45) is 5.92 Å². The zero-order chi connectivity index (χ0) is 28.9. The molecule has 218 valence electrons. The average Bonchev–Trinajstić information content (AvgIpc) is 3.42. The second-order valence-corrected chi connectivity index (χ2v) is 12.8. The summed E-state index contributed by atoms with van der Waals surface area (Å²) in [6.45, 7) is 0. The van der Waals surface area contributed by atoms with Crippen LogP contribution in [0.2, 0.25) is 10.0 Å². The van der Waals surface area contributed by atoms with E-state index in [1.54, 1.807) is 24.3 Å². The van der Waals surface area contributed by atoms with Gasteiger partial charge in [-0.05, 0) is 67.9 Å². The minimum absolute atomic E-state index is 0.0581. The van der Waals surface area contributed by atoms with Gasteiger partial charge in [-0.25, -0.2) is 4.39 Å². The zero-order valence-corrected chi connectivity index (χ0v) is 24.4. The minimum atomic E-state index is -1.26. The van der Waals surface area contributed by atoms with Crippen LogP contribution in [0.3, 0.4) is 0 Å². The predicted molar refractivity (Wildman–Crippen MR) is 155 cm³/mol. The first-order valence-electron chi connectivity index (χ1n) is 14.4. The fourth-order valence-corrected chi connectivity index (χ4v) is 8.50. The normalized spacial score (nSPS) is 30.2. The van der Waals surface area contributed by atoms with E-state index in [0.29, 0.717) is 49.2 Å². The SMILES string of the molecule is COC(=O)[C@H]1CC[C@H](NC(=O)[C@@H]2NC3(CCCCC3)[C@@]3(C(=O)Nc4cc(Cl)ccc43)[C@H]2c2cccc(Cl)c2F)CC1. The lowest BCUT2D eigenvalue weighted by Crippen LogP contribution is -2.60. The van der Waals surface area contributed by atoms with Gasteiger partial charge in [0.2, 0.25) is 11.8 Å². The summed E-state index contributed by atoms with van der Waals surface area (Å²) < 4.78 is 20.9. The van der Waals surface area contributed by atoms with Gasteiger partial charge >= 0.3 is 5.97 Å². The van der Waals surface area contributed by atoms with Crippen molar-refractivity contribution in [1.29, 1.82) is 0 Å². The number of anilines is 1. The Hall–Kier alpha value is -2.68. The molecule has 3 fully saturated rings. The maximum Gasteiger partial charge on any atom is 0.308 e. The van der Waals surface area contributed by atoms with Gasteiger partial charge in [0.05, 0.1) is 24.1 Å². The highest BCUT2D eigenvalue weighted by Crippen LogP contribution is 2.62. The Morgan fingerprint density at radius 1 is 1.05 bits per heavy atom. The van der Waals surface area contributed by atoms with Crippen molar-refractivity contribution >= 4 is 46.7 Å². The van der Waals surface area contributed by atoms with E-state index in [1.165, 1.54) is 13.2 Å². The first-order chi connectivity index (χ1) is 19.7. The summed E-state index contributed by atoms with van der Waals surface area (Å²) in [5, 5.41) is 10.3. The molecule has 7 nitrogen and oxygen atoms in total. The van der Waals surface area contributed by atoms with Crippen LogP contribution in [-0.2, 0) is 24.5 Å². The van der Waals surface area contributed by atoms with Crippen LogP contribution in [0, 0.1) is 11.7 Å². The third-order valence-electron chi connectivity index (χ3n) is 9.91. The van der Waals surface area contributed by atoms with E-state index in [4.69, 9.17) is 27.9 Å². The second kappa shape index (κ2) is 10.9. The summed E-state index contributed by atoms with van der Waals surface area (Å²) in [6, 6.07) is 9.06. The number of hydrogen-bond acceptors (Lipinski definition) is 5. The van der Waals surface area contributed by atoms with E-state index < -0.39 is 28.7 Å². The molecule has 1 saturated heterocycles. The Morgan fingerprint density at radius 3 is 2.49 bits per heavy atom. The van der Waals surface area contributed by atoms with Gasteiger partial charge in [-0.3, -0.25) is 19.7 Å². The summed E-state index contributed by atoms with van der Waals surface area (Å²) in [5.74, 6) is -2.44. The lowest BCUT2D eigenvalue weighted by atomic mass is 9.55. The molecule has 2 saturated carbocycles. The van der Waals surface area contributed by atoms with Crippen molar-refractivity contribution in [2.45, 2.75) is 86.7 Å². The van der Waals surface area contributed by atoms with Crippen LogP contribution in [0.4, 0.5) is 10.1 Å². The molecule has 2 heterocycles. The third kappa shape index (κ3) is 4.45. The van der Waals surface area contributed by atoms with E-state index >= 15 is 4.39 Å². The highest BCUT2D eigenvalue weighted by molar-refractivity contribution is 6.31. The van der Waals surface area contributed by atoms with Gasteiger partial charge < -0.3 is 15.4 Å². The van der Waals surface area contributed by atoms with E-state index in [-0.39, 0.29) is 40.3 Å². The molecule has 10 heteroatoms. The maximum atomic E-state index is 16.0. The average molecular weight is 603 g/mol. The summed E-state index contributed by atoms with van der Waals surface area (Å²) in [6.07, 6.45) is 6.59. The molecule has 2 aromatic carbocycles. The Morgan fingerprint density at radius 2 is 1.78 bits per heavy atom. The molecule has 2 amide bonds. The quantitative estimate of drug-likeness (QED) is 0.395. The number of carbonyl (C=O) groups excluding carboxylic acids is 3. The molecular formula is C31H34Cl2FN3O4. The number of halogens is 3. The molecule has 2 aliphatic carbocycles. The molecule has 41 heavy (non-hydrogen) atoms. The molecule has 0 aromatic heterocycles. The summed E-state index contributed by atoms with van der Waals surface area (Å²) in [4.78, 5) is 40.6. The molecule has 6 rings (SSSR count). The monoisotopic (exact) mass is 601 g/mol. The van der Waals surface area contributed by atoms with E-state index in [1.807, 2.05) is 6.07 Å². The van der Waals surface area contributed by atoms with Crippen LogP contribution >= 0.6 is 23.2 Å².